The molecule has 0 radical (unpaired) electrons. The van der Waals surface area contributed by atoms with Crippen LogP contribution in [0, 0.1) is 13.8 Å². The van der Waals surface area contributed by atoms with Gasteiger partial charge in [-0.05, 0) is 67.4 Å². The van der Waals surface area contributed by atoms with E-state index in [-0.39, 0.29) is 22.5 Å². The first-order chi connectivity index (χ1) is 17.4. The van der Waals surface area contributed by atoms with Gasteiger partial charge in [-0.15, -0.1) is 0 Å². The van der Waals surface area contributed by atoms with E-state index in [4.69, 9.17) is 37.1 Å². The predicted molar refractivity (Wildman–Crippen MR) is 134 cm³/mol. The van der Waals surface area contributed by atoms with Crippen LogP contribution in [0.1, 0.15) is 16.9 Å². The van der Waals surface area contributed by atoms with Crippen LogP contribution in [0.25, 0.3) is 11.0 Å². The third kappa shape index (κ3) is 6.36. The van der Waals surface area contributed by atoms with E-state index in [1.807, 2.05) is 6.07 Å². The molecule has 1 heterocycles. The van der Waals surface area contributed by atoms with E-state index >= 15 is 0 Å². The minimum Gasteiger partial charge on any atom is -0.484 e. The number of fused-ring (bicyclic) bond motifs is 1. The molecule has 0 spiro atoms. The standard InChI is InChI=1S/C26H18Cl2F3NO5/c1-13-5-14(2)7-19(6-13)36-24-23(34)20-4-3-18(11-21(20)37-25(24)26(29,30)31)35-12-22(33)32-17-9-15(27)8-16(28)10-17/h3-11H,12H2,1-2H3,(H,32,33). The molecule has 0 aliphatic carbocycles. The van der Waals surface area contributed by atoms with E-state index < -0.39 is 35.6 Å². The van der Waals surface area contributed by atoms with E-state index in [2.05, 4.69) is 5.32 Å². The number of benzene rings is 3. The third-order valence-electron chi connectivity index (χ3n) is 5.01. The van der Waals surface area contributed by atoms with Gasteiger partial charge in [0.2, 0.25) is 11.2 Å². The first-order valence-electron chi connectivity index (χ1n) is 10.7. The highest BCUT2D eigenvalue weighted by Crippen LogP contribution is 2.39. The molecule has 0 atom stereocenters. The summed E-state index contributed by atoms with van der Waals surface area (Å²) in [5, 5.41) is 3.01. The van der Waals surface area contributed by atoms with Crippen molar-refractivity contribution in [1.29, 1.82) is 0 Å². The summed E-state index contributed by atoms with van der Waals surface area (Å²) in [7, 11) is 0. The Bertz CT molecular complexity index is 1530. The lowest BCUT2D eigenvalue weighted by Gasteiger charge is -2.14. The lowest BCUT2D eigenvalue weighted by atomic mass is 10.1. The summed E-state index contributed by atoms with van der Waals surface area (Å²) in [4.78, 5) is 25.2. The van der Waals surface area contributed by atoms with Crippen molar-refractivity contribution in [2.45, 2.75) is 20.0 Å². The summed E-state index contributed by atoms with van der Waals surface area (Å²) in [5.41, 5.74) is 0.442. The summed E-state index contributed by atoms with van der Waals surface area (Å²) in [5.74, 6) is -3.06. The highest BCUT2D eigenvalue weighted by atomic mass is 35.5. The molecule has 0 unspecified atom stereocenters. The molecule has 0 bridgehead atoms. The van der Waals surface area contributed by atoms with E-state index in [1.165, 1.54) is 42.5 Å². The molecule has 3 aromatic carbocycles. The van der Waals surface area contributed by atoms with Crippen LogP contribution in [0.15, 0.2) is 63.8 Å². The van der Waals surface area contributed by atoms with E-state index in [0.717, 1.165) is 17.2 Å². The third-order valence-corrected chi connectivity index (χ3v) is 5.45. The smallest absolute Gasteiger partial charge is 0.453 e. The molecule has 4 rings (SSSR count). The number of carbonyl (C=O) groups excluding carboxylic acids is 1. The molecule has 0 saturated carbocycles. The van der Waals surface area contributed by atoms with Gasteiger partial charge in [0, 0.05) is 21.8 Å². The first-order valence-corrected chi connectivity index (χ1v) is 11.5. The van der Waals surface area contributed by atoms with Crippen molar-refractivity contribution in [2.24, 2.45) is 0 Å². The molecule has 1 amide bonds. The molecule has 1 N–H and O–H groups in total. The number of amides is 1. The van der Waals surface area contributed by atoms with Crippen LogP contribution in [0.3, 0.4) is 0 Å². The maximum atomic E-state index is 13.8. The average Bonchev–Trinajstić information content (AvgIpc) is 2.77. The Balaban J connectivity index is 1.61. The molecule has 0 aliphatic heterocycles. The maximum Gasteiger partial charge on any atom is 0.453 e. The van der Waals surface area contributed by atoms with Crippen molar-refractivity contribution in [1.82, 2.24) is 0 Å². The molecular formula is C26H18Cl2F3NO5. The molecule has 11 heteroatoms. The lowest BCUT2D eigenvalue weighted by molar-refractivity contribution is -0.154. The number of hydrogen-bond acceptors (Lipinski definition) is 5. The lowest BCUT2D eigenvalue weighted by Crippen LogP contribution is -2.20. The summed E-state index contributed by atoms with van der Waals surface area (Å²) < 4.78 is 57.3. The molecular weight excluding hydrogens is 534 g/mol. The Kier molecular flexibility index (Phi) is 7.38. The van der Waals surface area contributed by atoms with Crippen LogP contribution in [-0.2, 0) is 11.0 Å². The molecule has 0 saturated heterocycles. The van der Waals surface area contributed by atoms with Gasteiger partial charge in [-0.1, -0.05) is 29.3 Å². The number of anilines is 1. The molecule has 0 aliphatic rings. The number of alkyl halides is 3. The zero-order valence-electron chi connectivity index (χ0n) is 19.3. The second-order valence-corrected chi connectivity index (χ2v) is 9.04. The largest absolute Gasteiger partial charge is 0.484 e. The quantitative estimate of drug-likeness (QED) is 0.267. The normalized spacial score (nSPS) is 11.4. The van der Waals surface area contributed by atoms with Gasteiger partial charge >= 0.3 is 6.18 Å². The highest BCUT2D eigenvalue weighted by Gasteiger charge is 2.40. The average molecular weight is 552 g/mol. The van der Waals surface area contributed by atoms with Gasteiger partial charge < -0.3 is 19.2 Å². The number of ether oxygens (including phenoxy) is 2. The Morgan fingerprint density at radius 1 is 0.946 bits per heavy atom. The number of rotatable bonds is 6. The predicted octanol–water partition coefficient (Wildman–Crippen LogP) is 7.55. The van der Waals surface area contributed by atoms with Crippen molar-refractivity contribution in [3.05, 3.63) is 91.8 Å². The Labute approximate surface area is 218 Å². The summed E-state index contributed by atoms with van der Waals surface area (Å²) in [6, 6.07) is 12.9. The van der Waals surface area contributed by atoms with Crippen molar-refractivity contribution >= 4 is 45.8 Å². The second-order valence-electron chi connectivity index (χ2n) is 8.17. The molecule has 1 aromatic heterocycles. The van der Waals surface area contributed by atoms with E-state index in [9.17, 15) is 22.8 Å². The van der Waals surface area contributed by atoms with Gasteiger partial charge in [0.15, 0.2) is 6.61 Å². The highest BCUT2D eigenvalue weighted by molar-refractivity contribution is 6.35. The zero-order chi connectivity index (χ0) is 26.9. The number of nitrogens with one attached hydrogen (secondary N) is 1. The Hall–Kier alpha value is -3.69. The van der Waals surface area contributed by atoms with Gasteiger partial charge in [0.1, 0.15) is 17.1 Å². The fraction of sp³-hybridized carbons (Fsp3) is 0.154. The number of aryl methyl sites for hydroxylation is 2. The van der Waals surface area contributed by atoms with Gasteiger partial charge in [-0.3, -0.25) is 9.59 Å². The van der Waals surface area contributed by atoms with E-state index in [1.54, 1.807) is 13.8 Å². The van der Waals surface area contributed by atoms with Crippen molar-refractivity contribution in [3.8, 4) is 17.2 Å². The fourth-order valence-corrected chi connectivity index (χ4v) is 4.13. The Morgan fingerprint density at radius 2 is 1.59 bits per heavy atom. The maximum absolute atomic E-state index is 13.8. The summed E-state index contributed by atoms with van der Waals surface area (Å²) in [6.07, 6.45) is -5.02. The molecule has 4 aromatic rings. The minimum atomic E-state index is -5.02. The topological polar surface area (TPSA) is 77.8 Å². The van der Waals surface area contributed by atoms with Crippen LogP contribution in [0.5, 0.6) is 17.2 Å². The van der Waals surface area contributed by atoms with E-state index in [0.29, 0.717) is 15.7 Å². The SMILES string of the molecule is Cc1cc(C)cc(Oc2c(C(F)(F)F)oc3cc(OCC(=O)Nc4cc(Cl)cc(Cl)c4)ccc3c2=O)c1. The number of hydrogen-bond donors (Lipinski definition) is 1. The van der Waals surface area contributed by atoms with Crippen molar-refractivity contribution in [2.75, 3.05) is 11.9 Å². The second kappa shape index (κ2) is 10.4. The first kappa shape index (κ1) is 26.4. The molecule has 6 nitrogen and oxygen atoms in total. The van der Waals surface area contributed by atoms with Crippen LogP contribution in [-0.4, -0.2) is 12.5 Å². The monoisotopic (exact) mass is 551 g/mol. The van der Waals surface area contributed by atoms with Crippen LogP contribution >= 0.6 is 23.2 Å². The van der Waals surface area contributed by atoms with Gasteiger partial charge in [-0.25, -0.2) is 0 Å². The van der Waals surface area contributed by atoms with Crippen molar-refractivity contribution in [3.63, 3.8) is 0 Å². The molecule has 37 heavy (non-hydrogen) atoms. The number of carbonyl (C=O) groups is 1. The van der Waals surface area contributed by atoms with Gasteiger partial charge in [0.25, 0.3) is 11.7 Å². The van der Waals surface area contributed by atoms with Gasteiger partial charge in [-0.2, -0.15) is 13.2 Å². The summed E-state index contributed by atoms with van der Waals surface area (Å²) in [6.45, 7) is 3.01. The molecule has 192 valence electrons. The van der Waals surface area contributed by atoms with Crippen LogP contribution < -0.4 is 20.2 Å². The van der Waals surface area contributed by atoms with Crippen molar-refractivity contribution < 1.29 is 31.9 Å². The Morgan fingerprint density at radius 3 is 2.22 bits per heavy atom. The minimum absolute atomic E-state index is 0.00558. The van der Waals surface area contributed by atoms with Crippen LogP contribution in [0.4, 0.5) is 18.9 Å². The summed E-state index contributed by atoms with van der Waals surface area (Å²) >= 11 is 11.8. The number of halogens is 5. The fourth-order valence-electron chi connectivity index (χ4n) is 3.61. The van der Waals surface area contributed by atoms with Crippen LogP contribution in [0.2, 0.25) is 10.0 Å². The van der Waals surface area contributed by atoms with Gasteiger partial charge in [0.05, 0.1) is 5.39 Å². The molecule has 0 fully saturated rings. The zero-order valence-corrected chi connectivity index (χ0v) is 20.8.